The molecule has 0 heterocycles. The van der Waals surface area contributed by atoms with Crippen LogP contribution in [0.4, 0.5) is 0 Å². The zero-order valence-electron chi connectivity index (χ0n) is 16.4. The molecule has 0 saturated heterocycles. The molecule has 1 aromatic carbocycles. The molecular formula is C18H24O10Si. The molecule has 0 radical (unpaired) electrons. The van der Waals surface area contributed by atoms with E-state index in [0.29, 0.717) is 0 Å². The summed E-state index contributed by atoms with van der Waals surface area (Å²) in [6.45, 7) is 2.97. The van der Waals surface area contributed by atoms with E-state index in [2.05, 4.69) is 0 Å². The summed E-state index contributed by atoms with van der Waals surface area (Å²) < 4.78 is 20.1. The lowest BCUT2D eigenvalue weighted by Gasteiger charge is -2.26. The Balaban J connectivity index is 2.59. The number of carbonyl (C=O) groups excluding carboxylic acids is 4. The highest BCUT2D eigenvalue weighted by Crippen LogP contribution is 2.21. The van der Waals surface area contributed by atoms with Crippen LogP contribution in [-0.4, -0.2) is 55.6 Å². The third kappa shape index (κ3) is 9.21. The first kappa shape index (κ1) is 24.1. The minimum atomic E-state index is -3.95. The second kappa shape index (κ2) is 11.2. The summed E-state index contributed by atoms with van der Waals surface area (Å²) in [5, 5.41) is 19.2. The molecule has 0 fully saturated rings. The van der Waals surface area contributed by atoms with Gasteiger partial charge in [-0.2, -0.15) is 0 Å². The largest absolute Gasteiger partial charge is 0.705 e. The van der Waals surface area contributed by atoms with Gasteiger partial charge in [-0.3, -0.25) is 14.4 Å². The average Bonchev–Trinajstić information content (AvgIpc) is 2.58. The summed E-state index contributed by atoms with van der Waals surface area (Å²) in [5.74, 6) is -3.00. The lowest BCUT2D eigenvalue weighted by molar-refractivity contribution is -0.147. The van der Waals surface area contributed by atoms with E-state index in [1.165, 1.54) is 24.3 Å². The van der Waals surface area contributed by atoms with Crippen molar-refractivity contribution in [3.63, 3.8) is 0 Å². The van der Waals surface area contributed by atoms with E-state index in [1.807, 2.05) is 0 Å². The third-order valence-electron chi connectivity index (χ3n) is 3.43. The summed E-state index contributed by atoms with van der Waals surface area (Å²) in [6.07, 6.45) is -0.783. The van der Waals surface area contributed by atoms with Crippen LogP contribution in [0, 0.1) is 0 Å². The van der Waals surface area contributed by atoms with Gasteiger partial charge in [0.15, 0.2) is 0 Å². The molecule has 0 amide bonds. The summed E-state index contributed by atoms with van der Waals surface area (Å²) in [5.41, 5.74) is 0.209. The van der Waals surface area contributed by atoms with E-state index >= 15 is 0 Å². The molecule has 0 bridgehead atoms. The van der Waals surface area contributed by atoms with Crippen molar-refractivity contribution < 1.29 is 47.4 Å². The molecular weight excluding hydrogens is 404 g/mol. The van der Waals surface area contributed by atoms with Crippen molar-refractivity contribution in [2.24, 2.45) is 0 Å². The van der Waals surface area contributed by atoms with Crippen molar-refractivity contribution in [1.82, 2.24) is 0 Å². The number of phenols is 1. The Morgan fingerprint density at radius 1 is 0.931 bits per heavy atom. The fourth-order valence-electron chi connectivity index (χ4n) is 2.36. The van der Waals surface area contributed by atoms with E-state index in [9.17, 15) is 29.4 Å². The minimum absolute atomic E-state index is 0.00238. The SMILES string of the molecule is CC(=O)O[Si](CCCC(O)COC(=O)c1ccc(O)cc1)(OC(C)=O)OC(C)=O. The molecule has 0 aromatic heterocycles. The average molecular weight is 428 g/mol. The maximum Gasteiger partial charge on any atom is 0.705 e. The van der Waals surface area contributed by atoms with Crippen molar-refractivity contribution in [3.8, 4) is 5.75 Å². The highest BCUT2D eigenvalue weighted by Gasteiger charge is 2.51. The van der Waals surface area contributed by atoms with Gasteiger partial charge in [-0.25, -0.2) is 4.79 Å². The lowest BCUT2D eigenvalue weighted by Crippen LogP contribution is -2.49. The molecule has 0 spiro atoms. The van der Waals surface area contributed by atoms with E-state index in [4.69, 9.17) is 18.0 Å². The van der Waals surface area contributed by atoms with Crippen LogP contribution in [0.5, 0.6) is 5.75 Å². The Bertz CT molecular complexity index is 690. The molecule has 2 N–H and O–H groups in total. The van der Waals surface area contributed by atoms with Crippen molar-refractivity contribution in [2.45, 2.75) is 45.8 Å². The maximum absolute atomic E-state index is 11.9. The predicted molar refractivity (Wildman–Crippen MR) is 99.5 cm³/mol. The molecule has 11 heteroatoms. The van der Waals surface area contributed by atoms with Crippen molar-refractivity contribution in [2.75, 3.05) is 6.61 Å². The summed E-state index contributed by atoms with van der Waals surface area (Å²) >= 11 is 0. The Hall–Kier alpha value is -2.92. The van der Waals surface area contributed by atoms with Crippen LogP contribution in [0.15, 0.2) is 24.3 Å². The van der Waals surface area contributed by atoms with Crippen molar-refractivity contribution >= 4 is 32.7 Å². The van der Waals surface area contributed by atoms with E-state index < -0.39 is 38.8 Å². The fraction of sp³-hybridized carbons (Fsp3) is 0.444. The Kier molecular flexibility index (Phi) is 9.29. The van der Waals surface area contributed by atoms with Crippen LogP contribution >= 0.6 is 0 Å². The molecule has 0 saturated carbocycles. The van der Waals surface area contributed by atoms with Crippen LogP contribution in [0.25, 0.3) is 0 Å². The molecule has 1 aromatic rings. The first-order valence-electron chi connectivity index (χ1n) is 8.76. The van der Waals surface area contributed by atoms with Gasteiger partial charge in [0.05, 0.1) is 17.7 Å². The van der Waals surface area contributed by atoms with Gasteiger partial charge in [0.1, 0.15) is 12.4 Å². The number of aliphatic hydroxyl groups is 1. The standard InChI is InChI=1S/C18H24O10Si/c1-12(19)26-29(27-13(2)20,28-14(3)21)10-4-5-17(23)11-25-18(24)15-6-8-16(22)9-7-15/h6-9,17,22-23H,4-5,10-11H2,1-3H3. The molecule has 29 heavy (non-hydrogen) atoms. The minimum Gasteiger partial charge on any atom is -0.508 e. The predicted octanol–water partition coefficient (Wildman–Crippen LogP) is 1.32. The van der Waals surface area contributed by atoms with Crippen LogP contribution in [0.2, 0.25) is 6.04 Å². The van der Waals surface area contributed by atoms with Crippen LogP contribution < -0.4 is 0 Å². The number of aliphatic hydroxyl groups excluding tert-OH is 1. The molecule has 160 valence electrons. The number of esters is 1. The zero-order valence-corrected chi connectivity index (χ0v) is 17.4. The fourth-order valence-corrected chi connectivity index (χ4v) is 4.75. The first-order chi connectivity index (χ1) is 13.5. The number of ether oxygens (including phenoxy) is 1. The highest BCUT2D eigenvalue weighted by molar-refractivity contribution is 6.65. The number of aromatic hydroxyl groups is 1. The van der Waals surface area contributed by atoms with Crippen molar-refractivity contribution in [1.29, 1.82) is 0 Å². The van der Waals surface area contributed by atoms with Crippen LogP contribution in [0.3, 0.4) is 0 Å². The Morgan fingerprint density at radius 2 is 1.41 bits per heavy atom. The molecule has 1 rings (SSSR count). The molecule has 1 unspecified atom stereocenters. The first-order valence-corrected chi connectivity index (χ1v) is 10.7. The van der Waals surface area contributed by atoms with Crippen molar-refractivity contribution in [3.05, 3.63) is 29.8 Å². The maximum atomic E-state index is 11.9. The molecule has 0 aliphatic rings. The quantitative estimate of drug-likeness (QED) is 0.413. The number of hydrogen-bond acceptors (Lipinski definition) is 10. The van der Waals surface area contributed by atoms with Gasteiger partial charge >= 0.3 is 14.8 Å². The van der Waals surface area contributed by atoms with Gasteiger partial charge < -0.3 is 28.2 Å². The highest BCUT2D eigenvalue weighted by atomic mass is 28.4. The van der Waals surface area contributed by atoms with Gasteiger partial charge in [-0.1, -0.05) is 0 Å². The number of rotatable bonds is 10. The van der Waals surface area contributed by atoms with Gasteiger partial charge in [0.2, 0.25) is 0 Å². The van der Waals surface area contributed by atoms with E-state index in [1.54, 1.807) is 0 Å². The molecule has 1 atom stereocenters. The second-order valence-corrected chi connectivity index (χ2v) is 8.63. The van der Waals surface area contributed by atoms with Gasteiger partial charge in [0, 0.05) is 20.8 Å². The summed E-state index contributed by atoms with van der Waals surface area (Å²) in [7, 11) is -3.95. The Labute approximate surface area is 168 Å². The normalized spacial score (nSPS) is 11.9. The summed E-state index contributed by atoms with van der Waals surface area (Å²) in [6, 6.07) is 5.32. The lowest BCUT2D eigenvalue weighted by atomic mass is 10.2. The van der Waals surface area contributed by atoms with E-state index in [0.717, 1.165) is 20.8 Å². The molecule has 10 nitrogen and oxygen atoms in total. The monoisotopic (exact) mass is 428 g/mol. The Morgan fingerprint density at radius 3 is 1.86 bits per heavy atom. The molecule has 0 aliphatic heterocycles. The van der Waals surface area contributed by atoms with Gasteiger partial charge in [-0.15, -0.1) is 0 Å². The van der Waals surface area contributed by atoms with Gasteiger partial charge in [-0.05, 0) is 37.1 Å². The molecule has 0 aliphatic carbocycles. The van der Waals surface area contributed by atoms with Gasteiger partial charge in [0.25, 0.3) is 17.9 Å². The third-order valence-corrected chi connectivity index (χ3v) is 6.19. The zero-order chi connectivity index (χ0) is 22.0. The van der Waals surface area contributed by atoms with Crippen LogP contribution in [0.1, 0.15) is 44.0 Å². The smallest absolute Gasteiger partial charge is 0.508 e. The number of carbonyl (C=O) groups is 4. The number of benzene rings is 1. The number of hydrogen-bond donors (Lipinski definition) is 2. The number of phenolic OH excluding ortho intramolecular Hbond substituents is 1. The second-order valence-electron chi connectivity index (χ2n) is 6.16. The van der Waals surface area contributed by atoms with Crippen LogP contribution in [-0.2, 0) is 32.4 Å². The summed E-state index contributed by atoms with van der Waals surface area (Å²) in [4.78, 5) is 46.0. The van der Waals surface area contributed by atoms with E-state index in [-0.39, 0.29) is 36.8 Å². The topological polar surface area (TPSA) is 146 Å².